The maximum Gasteiger partial charge on any atom is 0.246 e. The molecular weight excluding hydrogens is 204 g/mol. The fraction of sp³-hybridized carbons (Fsp3) is 0.917. The third-order valence-corrected chi connectivity index (χ3v) is 3.09. The summed E-state index contributed by atoms with van der Waals surface area (Å²) in [7, 11) is 0. The molecule has 1 rings (SSSR count). The molecule has 2 atom stereocenters. The Morgan fingerprint density at radius 1 is 1.62 bits per heavy atom. The van der Waals surface area contributed by atoms with Gasteiger partial charge in [0, 0.05) is 12.6 Å². The molecule has 0 bridgehead atoms. The van der Waals surface area contributed by atoms with E-state index in [-0.39, 0.29) is 18.6 Å². The quantitative estimate of drug-likeness (QED) is 0.637. The smallest absolute Gasteiger partial charge is 0.246 e. The summed E-state index contributed by atoms with van der Waals surface area (Å²) in [6.07, 6.45) is 3.26. The van der Waals surface area contributed by atoms with E-state index in [2.05, 4.69) is 17.6 Å². The first-order valence-corrected chi connectivity index (χ1v) is 6.30. The number of carbonyl (C=O) groups is 1. The van der Waals surface area contributed by atoms with Crippen LogP contribution >= 0.6 is 0 Å². The lowest BCUT2D eigenvalue weighted by Gasteiger charge is -2.12. The van der Waals surface area contributed by atoms with Crippen molar-refractivity contribution in [2.75, 3.05) is 26.3 Å². The van der Waals surface area contributed by atoms with Gasteiger partial charge in [0.05, 0.1) is 0 Å². The molecule has 16 heavy (non-hydrogen) atoms. The van der Waals surface area contributed by atoms with Crippen molar-refractivity contribution in [3.8, 4) is 0 Å². The van der Waals surface area contributed by atoms with Gasteiger partial charge in [-0.2, -0.15) is 0 Å². The Hall–Kier alpha value is -0.610. The molecule has 1 saturated heterocycles. The molecule has 94 valence electrons. The molecule has 4 nitrogen and oxygen atoms in total. The summed E-state index contributed by atoms with van der Waals surface area (Å²) in [5, 5.41) is 6.20. The number of nitrogens with one attached hydrogen (secondary N) is 2. The van der Waals surface area contributed by atoms with Gasteiger partial charge in [-0.3, -0.25) is 4.79 Å². The zero-order valence-electron chi connectivity index (χ0n) is 10.4. The molecule has 0 spiro atoms. The van der Waals surface area contributed by atoms with Crippen molar-refractivity contribution in [2.45, 2.75) is 39.2 Å². The van der Waals surface area contributed by atoms with Gasteiger partial charge in [-0.1, -0.05) is 6.92 Å². The maximum absolute atomic E-state index is 11.4. The van der Waals surface area contributed by atoms with Crippen molar-refractivity contribution in [3.05, 3.63) is 0 Å². The SMILES string of the molecule is CCC(C)NC(=O)COCCC1CCNC1. The van der Waals surface area contributed by atoms with Gasteiger partial charge in [0.25, 0.3) is 0 Å². The fourth-order valence-corrected chi connectivity index (χ4v) is 1.79. The Kier molecular flexibility index (Phi) is 6.42. The molecule has 2 N–H and O–H groups in total. The largest absolute Gasteiger partial charge is 0.372 e. The molecule has 1 fully saturated rings. The minimum Gasteiger partial charge on any atom is -0.372 e. The molecule has 1 aliphatic rings. The Labute approximate surface area is 98.1 Å². The van der Waals surface area contributed by atoms with E-state index in [1.807, 2.05) is 6.92 Å². The van der Waals surface area contributed by atoms with Crippen LogP contribution in [0, 0.1) is 5.92 Å². The summed E-state index contributed by atoms with van der Waals surface area (Å²) in [4.78, 5) is 11.4. The lowest BCUT2D eigenvalue weighted by Crippen LogP contribution is -2.34. The van der Waals surface area contributed by atoms with Crippen LogP contribution in [0.25, 0.3) is 0 Å². The van der Waals surface area contributed by atoms with Crippen LogP contribution in [-0.4, -0.2) is 38.3 Å². The number of hydrogen-bond acceptors (Lipinski definition) is 3. The minimum absolute atomic E-state index is 0.00102. The van der Waals surface area contributed by atoms with E-state index >= 15 is 0 Å². The van der Waals surface area contributed by atoms with Crippen LogP contribution in [0.2, 0.25) is 0 Å². The Balaban J connectivity index is 1.95. The summed E-state index contributed by atoms with van der Waals surface area (Å²) in [6, 6.07) is 0.245. The number of carbonyl (C=O) groups excluding carboxylic acids is 1. The van der Waals surface area contributed by atoms with Crippen molar-refractivity contribution < 1.29 is 9.53 Å². The Morgan fingerprint density at radius 3 is 3.06 bits per heavy atom. The van der Waals surface area contributed by atoms with Crippen molar-refractivity contribution >= 4 is 5.91 Å². The molecule has 0 aromatic carbocycles. The number of rotatable bonds is 7. The molecule has 0 aliphatic carbocycles. The van der Waals surface area contributed by atoms with Crippen LogP contribution in [0.15, 0.2) is 0 Å². The van der Waals surface area contributed by atoms with Crippen molar-refractivity contribution in [1.29, 1.82) is 0 Å². The highest BCUT2D eigenvalue weighted by atomic mass is 16.5. The average Bonchev–Trinajstić information content (AvgIpc) is 2.77. The van der Waals surface area contributed by atoms with Crippen molar-refractivity contribution in [2.24, 2.45) is 5.92 Å². The van der Waals surface area contributed by atoms with Gasteiger partial charge < -0.3 is 15.4 Å². The van der Waals surface area contributed by atoms with Crippen LogP contribution in [0.3, 0.4) is 0 Å². The van der Waals surface area contributed by atoms with E-state index in [1.54, 1.807) is 0 Å². The molecule has 1 heterocycles. The number of ether oxygens (including phenoxy) is 1. The van der Waals surface area contributed by atoms with Crippen molar-refractivity contribution in [1.82, 2.24) is 10.6 Å². The molecule has 0 saturated carbocycles. The first kappa shape index (κ1) is 13.5. The molecule has 0 radical (unpaired) electrons. The highest BCUT2D eigenvalue weighted by Gasteiger charge is 2.14. The lowest BCUT2D eigenvalue weighted by atomic mass is 10.1. The van der Waals surface area contributed by atoms with Gasteiger partial charge in [0.15, 0.2) is 0 Å². The van der Waals surface area contributed by atoms with Gasteiger partial charge >= 0.3 is 0 Å². The summed E-state index contributed by atoms with van der Waals surface area (Å²) >= 11 is 0. The van der Waals surface area contributed by atoms with Gasteiger partial charge in [0.2, 0.25) is 5.91 Å². The second-order valence-electron chi connectivity index (χ2n) is 4.58. The Morgan fingerprint density at radius 2 is 2.44 bits per heavy atom. The maximum atomic E-state index is 11.4. The van der Waals surface area contributed by atoms with E-state index in [4.69, 9.17) is 4.74 Å². The Bertz CT molecular complexity index is 203. The third kappa shape index (κ3) is 5.47. The van der Waals surface area contributed by atoms with E-state index in [9.17, 15) is 4.79 Å². The van der Waals surface area contributed by atoms with Gasteiger partial charge in [-0.15, -0.1) is 0 Å². The highest BCUT2D eigenvalue weighted by Crippen LogP contribution is 2.11. The molecule has 0 aromatic rings. The second-order valence-corrected chi connectivity index (χ2v) is 4.58. The number of hydrogen-bond donors (Lipinski definition) is 2. The van der Waals surface area contributed by atoms with Gasteiger partial charge in [-0.05, 0) is 45.2 Å². The van der Waals surface area contributed by atoms with Crippen LogP contribution in [0.5, 0.6) is 0 Å². The zero-order chi connectivity index (χ0) is 11.8. The predicted molar refractivity (Wildman–Crippen MR) is 64.3 cm³/mol. The molecular formula is C12H24N2O2. The molecule has 1 aliphatic heterocycles. The first-order valence-electron chi connectivity index (χ1n) is 6.30. The lowest BCUT2D eigenvalue weighted by molar-refractivity contribution is -0.126. The van der Waals surface area contributed by atoms with Gasteiger partial charge in [0.1, 0.15) is 6.61 Å². The summed E-state index contributed by atoms with van der Waals surface area (Å²) < 4.78 is 5.36. The fourth-order valence-electron chi connectivity index (χ4n) is 1.79. The standard InChI is InChI=1S/C12H24N2O2/c1-3-10(2)14-12(15)9-16-7-5-11-4-6-13-8-11/h10-11,13H,3-9H2,1-2H3,(H,14,15). The average molecular weight is 228 g/mol. The monoisotopic (exact) mass is 228 g/mol. The van der Waals surface area contributed by atoms with Crippen LogP contribution in [0.4, 0.5) is 0 Å². The third-order valence-electron chi connectivity index (χ3n) is 3.09. The molecule has 1 amide bonds. The summed E-state index contributed by atoms with van der Waals surface area (Å²) in [5.41, 5.74) is 0. The van der Waals surface area contributed by atoms with E-state index in [1.165, 1.54) is 6.42 Å². The summed E-state index contributed by atoms with van der Waals surface area (Å²) in [5.74, 6) is 0.733. The van der Waals surface area contributed by atoms with E-state index in [0.29, 0.717) is 6.61 Å². The van der Waals surface area contributed by atoms with Gasteiger partial charge in [-0.25, -0.2) is 0 Å². The second kappa shape index (κ2) is 7.63. The first-order chi connectivity index (χ1) is 7.72. The molecule has 2 unspecified atom stereocenters. The van der Waals surface area contributed by atoms with Crippen LogP contribution in [0.1, 0.15) is 33.1 Å². The molecule has 0 aromatic heterocycles. The normalized spacial score (nSPS) is 22.0. The van der Waals surface area contributed by atoms with Crippen molar-refractivity contribution in [3.63, 3.8) is 0 Å². The van der Waals surface area contributed by atoms with E-state index < -0.39 is 0 Å². The van der Waals surface area contributed by atoms with Crippen LogP contribution in [-0.2, 0) is 9.53 Å². The minimum atomic E-state index is -0.00102. The predicted octanol–water partition coefficient (Wildman–Crippen LogP) is 0.917. The summed E-state index contributed by atoms with van der Waals surface area (Å²) in [6.45, 7) is 7.17. The van der Waals surface area contributed by atoms with Crippen LogP contribution < -0.4 is 10.6 Å². The number of amides is 1. The highest BCUT2D eigenvalue weighted by molar-refractivity contribution is 5.77. The molecule has 4 heteroatoms. The topological polar surface area (TPSA) is 50.4 Å². The van der Waals surface area contributed by atoms with E-state index in [0.717, 1.165) is 31.8 Å². The zero-order valence-corrected chi connectivity index (χ0v) is 10.4.